The normalized spacial score (nSPS) is 10.8. The molecule has 0 spiro atoms. The van der Waals surface area contributed by atoms with Crippen molar-refractivity contribution < 1.29 is 14.5 Å². The zero-order valence-corrected chi connectivity index (χ0v) is 14.4. The molecule has 3 aromatic rings. The van der Waals surface area contributed by atoms with Crippen molar-refractivity contribution in [3.63, 3.8) is 0 Å². The van der Waals surface area contributed by atoms with Crippen LogP contribution in [-0.4, -0.2) is 13.7 Å². The number of nitrogens with two attached hydrogens (primary N) is 1. The van der Waals surface area contributed by atoms with Crippen molar-refractivity contribution >= 4 is 11.6 Å². The maximum atomic E-state index is 5.91. The number of furan rings is 1. The lowest BCUT2D eigenvalue weighted by Crippen LogP contribution is -2.83. The average molecular weight is 343 g/mol. The van der Waals surface area contributed by atoms with Crippen molar-refractivity contribution in [2.75, 3.05) is 13.7 Å². The van der Waals surface area contributed by atoms with E-state index in [1.165, 1.54) is 5.56 Å². The van der Waals surface area contributed by atoms with Gasteiger partial charge in [-0.15, -0.1) is 0 Å². The summed E-state index contributed by atoms with van der Waals surface area (Å²) in [6.45, 7) is 1.85. The van der Waals surface area contributed by atoms with Crippen molar-refractivity contribution in [3.8, 4) is 17.1 Å². The summed E-state index contributed by atoms with van der Waals surface area (Å²) in [6, 6.07) is 20.0. The van der Waals surface area contributed by atoms with Gasteiger partial charge in [0.25, 0.3) is 0 Å². The lowest BCUT2D eigenvalue weighted by Gasteiger charge is -2.03. The standard InChI is InChI=1S/C20H20ClNO2/c1-23-18-8-2-15(3-9-18)12-13-22-14-19-10-11-20(24-19)16-4-6-17(21)7-5-16/h2-11,22H,12-14H2,1H3/p+1. The van der Waals surface area contributed by atoms with Gasteiger partial charge in [-0.3, -0.25) is 0 Å². The first kappa shape index (κ1) is 16.6. The maximum absolute atomic E-state index is 5.91. The van der Waals surface area contributed by atoms with Gasteiger partial charge in [0.1, 0.15) is 18.1 Å². The molecule has 4 heteroatoms. The van der Waals surface area contributed by atoms with Gasteiger partial charge >= 0.3 is 0 Å². The Hall–Kier alpha value is -2.23. The maximum Gasteiger partial charge on any atom is 0.158 e. The first-order chi connectivity index (χ1) is 11.7. The number of methoxy groups -OCH3 is 1. The monoisotopic (exact) mass is 342 g/mol. The fourth-order valence-electron chi connectivity index (χ4n) is 2.56. The molecular weight excluding hydrogens is 322 g/mol. The molecule has 0 amide bonds. The molecule has 0 atom stereocenters. The zero-order valence-electron chi connectivity index (χ0n) is 13.7. The van der Waals surface area contributed by atoms with Crippen LogP contribution >= 0.6 is 11.6 Å². The molecule has 0 radical (unpaired) electrons. The minimum atomic E-state index is 0.734. The second-order valence-electron chi connectivity index (χ2n) is 5.65. The van der Waals surface area contributed by atoms with E-state index in [0.717, 1.165) is 47.4 Å². The second kappa shape index (κ2) is 8.04. The van der Waals surface area contributed by atoms with Gasteiger partial charge in [-0.2, -0.15) is 0 Å². The summed E-state index contributed by atoms with van der Waals surface area (Å²) in [5.74, 6) is 2.76. The molecule has 124 valence electrons. The molecule has 0 saturated carbocycles. The van der Waals surface area contributed by atoms with Crippen LogP contribution in [-0.2, 0) is 13.0 Å². The van der Waals surface area contributed by atoms with Crippen LogP contribution in [0.25, 0.3) is 11.3 Å². The fraction of sp³-hybridized carbons (Fsp3) is 0.200. The minimum absolute atomic E-state index is 0.734. The van der Waals surface area contributed by atoms with Crippen LogP contribution in [0.1, 0.15) is 11.3 Å². The molecule has 3 nitrogen and oxygen atoms in total. The molecule has 0 aliphatic carbocycles. The number of benzene rings is 2. The van der Waals surface area contributed by atoms with E-state index < -0.39 is 0 Å². The first-order valence-corrected chi connectivity index (χ1v) is 8.41. The summed E-state index contributed by atoms with van der Waals surface area (Å²) < 4.78 is 11.1. The van der Waals surface area contributed by atoms with Gasteiger partial charge in [0.05, 0.1) is 13.7 Å². The molecule has 2 N–H and O–H groups in total. The summed E-state index contributed by atoms with van der Waals surface area (Å²) in [5, 5.41) is 2.99. The van der Waals surface area contributed by atoms with Crippen LogP contribution in [0.3, 0.4) is 0 Å². The van der Waals surface area contributed by atoms with E-state index in [2.05, 4.69) is 17.4 Å². The molecular formula is C20H21ClNO2+. The van der Waals surface area contributed by atoms with Crippen LogP contribution in [0.5, 0.6) is 5.75 Å². The summed E-state index contributed by atoms with van der Waals surface area (Å²) in [7, 11) is 1.68. The molecule has 0 aliphatic rings. The van der Waals surface area contributed by atoms with Gasteiger partial charge < -0.3 is 14.5 Å². The van der Waals surface area contributed by atoms with Crippen LogP contribution in [0.4, 0.5) is 0 Å². The Morgan fingerprint density at radius 1 is 0.958 bits per heavy atom. The van der Waals surface area contributed by atoms with E-state index in [1.807, 2.05) is 48.5 Å². The van der Waals surface area contributed by atoms with Gasteiger partial charge in [0.2, 0.25) is 0 Å². The highest BCUT2D eigenvalue weighted by molar-refractivity contribution is 6.30. The molecule has 1 heterocycles. The van der Waals surface area contributed by atoms with Crippen molar-refractivity contribution in [2.24, 2.45) is 0 Å². The van der Waals surface area contributed by atoms with Crippen molar-refractivity contribution in [1.29, 1.82) is 0 Å². The number of ether oxygens (including phenoxy) is 1. The number of rotatable bonds is 7. The molecule has 24 heavy (non-hydrogen) atoms. The largest absolute Gasteiger partial charge is 0.497 e. The van der Waals surface area contributed by atoms with Gasteiger partial charge in [0.15, 0.2) is 5.76 Å². The predicted molar refractivity (Wildman–Crippen MR) is 96.3 cm³/mol. The molecule has 0 saturated heterocycles. The van der Waals surface area contributed by atoms with Gasteiger partial charge in [-0.05, 0) is 54.1 Å². The molecule has 0 unspecified atom stereocenters. The first-order valence-electron chi connectivity index (χ1n) is 8.04. The Labute approximate surface area is 147 Å². The Balaban J connectivity index is 1.47. The van der Waals surface area contributed by atoms with Crippen LogP contribution < -0.4 is 10.1 Å². The van der Waals surface area contributed by atoms with E-state index in [9.17, 15) is 0 Å². The Morgan fingerprint density at radius 2 is 1.71 bits per heavy atom. The van der Waals surface area contributed by atoms with Crippen molar-refractivity contribution in [3.05, 3.63) is 77.0 Å². The Kier molecular flexibility index (Phi) is 5.57. The number of quaternary nitrogens is 1. The molecule has 3 rings (SSSR count). The van der Waals surface area contributed by atoms with Gasteiger partial charge in [-0.25, -0.2) is 0 Å². The quantitative estimate of drug-likeness (QED) is 0.661. The van der Waals surface area contributed by atoms with E-state index in [1.54, 1.807) is 7.11 Å². The highest BCUT2D eigenvalue weighted by Crippen LogP contribution is 2.23. The number of halogens is 1. The van der Waals surface area contributed by atoms with Gasteiger partial charge in [0, 0.05) is 17.0 Å². The SMILES string of the molecule is COc1ccc(CC[NH2+]Cc2ccc(-c3ccc(Cl)cc3)o2)cc1. The minimum Gasteiger partial charge on any atom is -0.497 e. The molecule has 0 fully saturated rings. The molecule has 0 aliphatic heterocycles. The average Bonchev–Trinajstić information content (AvgIpc) is 3.09. The topological polar surface area (TPSA) is 39.0 Å². The Morgan fingerprint density at radius 3 is 2.42 bits per heavy atom. The highest BCUT2D eigenvalue weighted by atomic mass is 35.5. The Bertz CT molecular complexity index is 763. The summed E-state index contributed by atoms with van der Waals surface area (Å²) in [4.78, 5) is 0. The van der Waals surface area contributed by atoms with Crippen LogP contribution in [0.15, 0.2) is 65.1 Å². The summed E-state index contributed by atoms with van der Waals surface area (Å²) in [5.41, 5.74) is 2.36. The lowest BCUT2D eigenvalue weighted by molar-refractivity contribution is -0.671. The van der Waals surface area contributed by atoms with E-state index in [-0.39, 0.29) is 0 Å². The van der Waals surface area contributed by atoms with Crippen LogP contribution in [0.2, 0.25) is 5.02 Å². The highest BCUT2D eigenvalue weighted by Gasteiger charge is 2.06. The third kappa shape index (κ3) is 4.40. The predicted octanol–water partition coefficient (Wildman–Crippen LogP) is 3.91. The fourth-order valence-corrected chi connectivity index (χ4v) is 2.69. The van der Waals surface area contributed by atoms with Crippen molar-refractivity contribution in [2.45, 2.75) is 13.0 Å². The molecule has 0 bridgehead atoms. The molecule has 1 aromatic heterocycles. The summed E-state index contributed by atoms with van der Waals surface area (Å²) >= 11 is 5.91. The van der Waals surface area contributed by atoms with E-state index in [0.29, 0.717) is 0 Å². The van der Waals surface area contributed by atoms with Crippen LogP contribution in [0, 0.1) is 0 Å². The van der Waals surface area contributed by atoms with Crippen molar-refractivity contribution in [1.82, 2.24) is 0 Å². The number of hydrogen-bond acceptors (Lipinski definition) is 2. The molecule has 2 aromatic carbocycles. The zero-order chi connectivity index (χ0) is 16.8. The van der Waals surface area contributed by atoms with Gasteiger partial charge in [-0.1, -0.05) is 23.7 Å². The van der Waals surface area contributed by atoms with E-state index in [4.69, 9.17) is 20.8 Å². The van der Waals surface area contributed by atoms with E-state index >= 15 is 0 Å². The lowest BCUT2D eigenvalue weighted by atomic mass is 10.1. The second-order valence-corrected chi connectivity index (χ2v) is 6.09. The third-order valence-corrected chi connectivity index (χ3v) is 4.18. The summed E-state index contributed by atoms with van der Waals surface area (Å²) in [6.07, 6.45) is 1.02. The number of hydrogen-bond donors (Lipinski definition) is 1. The third-order valence-electron chi connectivity index (χ3n) is 3.93. The smallest absolute Gasteiger partial charge is 0.158 e.